The molecule has 0 unspecified atom stereocenters. The fraction of sp³-hybridized carbons (Fsp3) is 0.409. The molecule has 4 rings (SSSR count). The second-order valence-electron chi connectivity index (χ2n) is 8.23. The SMILES string of the molecule is CC(C)c1nnc(CNC(=O)c2cccc(NN3C(=O)[C@H]4CC=CC[C@@H]4C3=O)c2)n1C. The molecule has 9 heteroatoms. The number of rotatable bonds is 6. The van der Waals surface area contributed by atoms with Crippen LogP contribution in [0.3, 0.4) is 0 Å². The number of allylic oxidation sites excluding steroid dienone is 2. The number of anilines is 1. The van der Waals surface area contributed by atoms with Gasteiger partial charge in [0.25, 0.3) is 17.7 Å². The first-order chi connectivity index (χ1) is 14.9. The van der Waals surface area contributed by atoms with E-state index in [1.165, 1.54) is 0 Å². The van der Waals surface area contributed by atoms with Crippen LogP contribution in [0.25, 0.3) is 0 Å². The number of nitrogens with zero attached hydrogens (tertiary/aromatic N) is 4. The van der Waals surface area contributed by atoms with Gasteiger partial charge in [-0.3, -0.25) is 19.8 Å². The van der Waals surface area contributed by atoms with Crippen LogP contribution >= 0.6 is 0 Å². The molecule has 2 aromatic rings. The number of benzene rings is 1. The van der Waals surface area contributed by atoms with Crippen molar-refractivity contribution in [3.63, 3.8) is 0 Å². The van der Waals surface area contributed by atoms with Crippen LogP contribution < -0.4 is 10.7 Å². The lowest BCUT2D eigenvalue weighted by Gasteiger charge is -2.17. The molecule has 1 saturated heterocycles. The predicted molar refractivity (Wildman–Crippen MR) is 114 cm³/mol. The number of nitrogens with one attached hydrogen (secondary N) is 2. The van der Waals surface area contributed by atoms with Crippen LogP contribution in [0.5, 0.6) is 0 Å². The van der Waals surface area contributed by atoms with E-state index in [4.69, 9.17) is 0 Å². The summed E-state index contributed by atoms with van der Waals surface area (Å²) in [4.78, 5) is 37.9. The molecule has 9 nitrogen and oxygen atoms in total. The highest BCUT2D eigenvalue weighted by Crippen LogP contribution is 2.35. The van der Waals surface area contributed by atoms with E-state index in [0.717, 1.165) is 10.8 Å². The van der Waals surface area contributed by atoms with Crippen molar-refractivity contribution >= 4 is 23.4 Å². The van der Waals surface area contributed by atoms with E-state index in [9.17, 15) is 14.4 Å². The third-order valence-electron chi connectivity index (χ3n) is 5.80. The first-order valence-corrected chi connectivity index (χ1v) is 10.4. The zero-order valence-corrected chi connectivity index (χ0v) is 17.8. The number of amides is 3. The lowest BCUT2D eigenvalue weighted by Crippen LogP contribution is -2.36. The van der Waals surface area contributed by atoms with Gasteiger partial charge in [-0.2, -0.15) is 5.01 Å². The second kappa shape index (κ2) is 8.33. The molecular weight excluding hydrogens is 396 g/mol. The minimum Gasteiger partial charge on any atom is -0.345 e. The Kier molecular flexibility index (Phi) is 5.58. The molecule has 1 aromatic carbocycles. The fourth-order valence-electron chi connectivity index (χ4n) is 4.06. The van der Waals surface area contributed by atoms with Crippen LogP contribution in [0.1, 0.15) is 54.6 Å². The summed E-state index contributed by atoms with van der Waals surface area (Å²) >= 11 is 0. The van der Waals surface area contributed by atoms with E-state index in [-0.39, 0.29) is 42.0 Å². The van der Waals surface area contributed by atoms with E-state index in [1.54, 1.807) is 24.3 Å². The number of imide groups is 1. The summed E-state index contributed by atoms with van der Waals surface area (Å²) in [7, 11) is 1.87. The Morgan fingerprint density at radius 1 is 1.13 bits per heavy atom. The normalized spacial score (nSPS) is 20.3. The molecular formula is C22H26N6O3. The van der Waals surface area contributed by atoms with Crippen LogP contribution in [0.4, 0.5) is 5.69 Å². The summed E-state index contributed by atoms with van der Waals surface area (Å²) in [6.45, 7) is 4.31. The van der Waals surface area contributed by atoms with Crippen molar-refractivity contribution in [1.29, 1.82) is 0 Å². The first kappa shape index (κ1) is 20.8. The van der Waals surface area contributed by atoms with Crippen molar-refractivity contribution in [1.82, 2.24) is 25.1 Å². The summed E-state index contributed by atoms with van der Waals surface area (Å²) in [5.41, 5.74) is 3.80. The lowest BCUT2D eigenvalue weighted by molar-refractivity contribution is -0.138. The van der Waals surface area contributed by atoms with Crippen LogP contribution in [-0.4, -0.2) is 37.5 Å². The van der Waals surface area contributed by atoms with Gasteiger partial charge in [0, 0.05) is 18.5 Å². The number of carbonyl (C=O) groups excluding carboxylic acids is 3. The topological polar surface area (TPSA) is 109 Å². The number of fused-ring (bicyclic) bond motifs is 1. The van der Waals surface area contributed by atoms with Gasteiger partial charge in [-0.05, 0) is 31.0 Å². The minimum absolute atomic E-state index is 0.225. The van der Waals surface area contributed by atoms with Gasteiger partial charge in [-0.1, -0.05) is 32.1 Å². The Morgan fingerprint density at radius 3 is 2.42 bits per heavy atom. The van der Waals surface area contributed by atoms with Crippen LogP contribution in [-0.2, 0) is 23.2 Å². The van der Waals surface area contributed by atoms with Crippen LogP contribution in [0.2, 0.25) is 0 Å². The maximum atomic E-state index is 12.6. The van der Waals surface area contributed by atoms with Crippen LogP contribution in [0, 0.1) is 11.8 Å². The van der Waals surface area contributed by atoms with Crippen LogP contribution in [0.15, 0.2) is 36.4 Å². The summed E-state index contributed by atoms with van der Waals surface area (Å²) < 4.78 is 1.88. The number of hydrogen-bond acceptors (Lipinski definition) is 6. The molecule has 1 fully saturated rings. The monoisotopic (exact) mass is 422 g/mol. The molecule has 31 heavy (non-hydrogen) atoms. The van der Waals surface area contributed by atoms with E-state index < -0.39 is 0 Å². The maximum Gasteiger partial charge on any atom is 0.252 e. The smallest absolute Gasteiger partial charge is 0.252 e. The highest BCUT2D eigenvalue weighted by molar-refractivity contribution is 6.06. The fourth-order valence-corrected chi connectivity index (χ4v) is 4.06. The molecule has 1 aromatic heterocycles. The molecule has 0 spiro atoms. The average Bonchev–Trinajstić information content (AvgIpc) is 3.25. The Balaban J connectivity index is 1.42. The minimum atomic E-state index is -0.307. The van der Waals surface area contributed by atoms with Crippen molar-refractivity contribution in [3.05, 3.63) is 53.6 Å². The second-order valence-corrected chi connectivity index (χ2v) is 8.23. The highest BCUT2D eigenvalue weighted by Gasteiger charge is 2.47. The number of aromatic nitrogens is 3. The highest BCUT2D eigenvalue weighted by atomic mass is 16.2. The van der Waals surface area contributed by atoms with Crippen molar-refractivity contribution in [3.8, 4) is 0 Å². The van der Waals surface area contributed by atoms with Gasteiger partial charge in [-0.25, -0.2) is 0 Å². The van der Waals surface area contributed by atoms with Crippen molar-refractivity contribution in [2.45, 2.75) is 39.2 Å². The quantitative estimate of drug-likeness (QED) is 0.545. The molecule has 1 aliphatic heterocycles. The molecule has 2 heterocycles. The molecule has 2 N–H and O–H groups in total. The van der Waals surface area contributed by atoms with Gasteiger partial charge in [-0.15, -0.1) is 10.2 Å². The van der Waals surface area contributed by atoms with E-state index >= 15 is 0 Å². The predicted octanol–water partition coefficient (Wildman–Crippen LogP) is 2.15. The molecule has 0 radical (unpaired) electrons. The molecule has 3 amide bonds. The molecule has 2 atom stereocenters. The summed E-state index contributed by atoms with van der Waals surface area (Å²) in [5, 5.41) is 12.2. The standard InChI is InChI=1S/C22H26N6O3/c1-13(2)19-25-24-18(27(19)3)12-23-20(29)14-7-6-8-15(11-14)26-28-21(30)16-9-4-5-10-17(16)22(28)31/h4-8,11,13,16-17,26H,9-10,12H2,1-3H3,(H,23,29)/t16-,17-/m0/s1. The van der Waals surface area contributed by atoms with Gasteiger partial charge < -0.3 is 9.88 Å². The van der Waals surface area contributed by atoms with Crippen molar-refractivity contribution in [2.24, 2.45) is 18.9 Å². The third kappa shape index (κ3) is 3.95. The first-order valence-electron chi connectivity index (χ1n) is 10.4. The van der Waals surface area contributed by atoms with Gasteiger partial charge in [0.15, 0.2) is 5.82 Å². The van der Waals surface area contributed by atoms with E-state index in [0.29, 0.717) is 29.9 Å². The van der Waals surface area contributed by atoms with Gasteiger partial charge in [0.1, 0.15) is 5.82 Å². The number of hydrogen-bond donors (Lipinski definition) is 2. The molecule has 0 bridgehead atoms. The Hall–Kier alpha value is -3.49. The third-order valence-corrected chi connectivity index (χ3v) is 5.80. The zero-order valence-electron chi connectivity index (χ0n) is 17.8. The average molecular weight is 422 g/mol. The van der Waals surface area contributed by atoms with Crippen molar-refractivity contribution in [2.75, 3.05) is 5.43 Å². The molecule has 2 aliphatic rings. The van der Waals surface area contributed by atoms with Gasteiger partial charge >= 0.3 is 0 Å². The summed E-state index contributed by atoms with van der Waals surface area (Å²) in [6.07, 6.45) is 5.05. The van der Waals surface area contributed by atoms with E-state index in [1.807, 2.05) is 37.6 Å². The molecule has 0 saturated carbocycles. The molecule has 1 aliphatic carbocycles. The molecule has 162 valence electrons. The Morgan fingerprint density at radius 2 is 1.81 bits per heavy atom. The summed E-state index contributed by atoms with van der Waals surface area (Å²) in [6, 6.07) is 6.71. The number of hydrazine groups is 1. The lowest BCUT2D eigenvalue weighted by atomic mass is 9.85. The van der Waals surface area contributed by atoms with E-state index in [2.05, 4.69) is 20.9 Å². The zero-order chi connectivity index (χ0) is 22.1. The Bertz CT molecular complexity index is 1030. The Labute approximate surface area is 180 Å². The maximum absolute atomic E-state index is 12.6. The largest absolute Gasteiger partial charge is 0.345 e. The van der Waals surface area contributed by atoms with Gasteiger partial charge in [0.2, 0.25) is 0 Å². The summed E-state index contributed by atoms with van der Waals surface area (Å²) in [5.74, 6) is 0.407. The van der Waals surface area contributed by atoms with Gasteiger partial charge in [0.05, 0.1) is 24.1 Å². The number of carbonyl (C=O) groups is 3. The van der Waals surface area contributed by atoms with Crippen molar-refractivity contribution < 1.29 is 14.4 Å².